The Morgan fingerprint density at radius 3 is 2.15 bits per heavy atom. The Bertz CT molecular complexity index is 1320. The standard InChI is InChI=1S/C30H34N4O5/c1-19(2)15-26(29(38)31-24-9-6-8-22(16-24)18-28(36)37)33-27(35)17-21-11-13-23(14-12-21)32-30(39)34-25-10-5-4-7-20(25)3/h4-14,16,19,26H,15,17-18H2,1-3H3,(H,31,38)(H,33,35)(H,36,37)(H2,32,34,39)/t26-/m0/s1. The molecule has 0 aliphatic heterocycles. The smallest absolute Gasteiger partial charge is 0.323 e. The van der Waals surface area contributed by atoms with Gasteiger partial charge in [-0.3, -0.25) is 14.4 Å². The fourth-order valence-corrected chi connectivity index (χ4v) is 4.00. The molecule has 0 aliphatic carbocycles. The van der Waals surface area contributed by atoms with Gasteiger partial charge in [0, 0.05) is 17.1 Å². The van der Waals surface area contributed by atoms with Crippen molar-refractivity contribution in [3.63, 3.8) is 0 Å². The molecule has 0 radical (unpaired) electrons. The normalized spacial score (nSPS) is 11.4. The SMILES string of the molecule is Cc1ccccc1NC(=O)Nc1ccc(CC(=O)N[C@@H](CC(C)C)C(=O)Nc2cccc(CC(=O)O)c2)cc1. The molecule has 3 aromatic carbocycles. The van der Waals surface area contributed by atoms with Crippen LogP contribution in [0.5, 0.6) is 0 Å². The number of para-hydroxylation sites is 1. The second kappa shape index (κ2) is 13.8. The first-order chi connectivity index (χ1) is 18.6. The maximum Gasteiger partial charge on any atom is 0.323 e. The van der Waals surface area contributed by atoms with Crippen LogP contribution in [0.15, 0.2) is 72.8 Å². The van der Waals surface area contributed by atoms with Crippen molar-refractivity contribution in [2.24, 2.45) is 5.92 Å². The van der Waals surface area contributed by atoms with Crippen LogP contribution in [-0.2, 0) is 27.2 Å². The van der Waals surface area contributed by atoms with E-state index in [1.807, 2.05) is 45.0 Å². The van der Waals surface area contributed by atoms with Crippen molar-refractivity contribution in [1.82, 2.24) is 5.32 Å². The van der Waals surface area contributed by atoms with Gasteiger partial charge in [-0.05, 0) is 66.3 Å². The summed E-state index contributed by atoms with van der Waals surface area (Å²) in [6.45, 7) is 5.83. The van der Waals surface area contributed by atoms with E-state index < -0.39 is 12.0 Å². The molecule has 39 heavy (non-hydrogen) atoms. The summed E-state index contributed by atoms with van der Waals surface area (Å²) in [7, 11) is 0. The third-order valence-corrected chi connectivity index (χ3v) is 5.88. The zero-order valence-corrected chi connectivity index (χ0v) is 22.3. The average Bonchev–Trinajstić information content (AvgIpc) is 2.86. The molecule has 0 aliphatic rings. The summed E-state index contributed by atoms with van der Waals surface area (Å²) in [5, 5.41) is 20.2. The van der Waals surface area contributed by atoms with Crippen molar-refractivity contribution in [2.45, 2.75) is 46.1 Å². The number of benzene rings is 3. The number of carbonyl (C=O) groups is 4. The van der Waals surface area contributed by atoms with Gasteiger partial charge in [0.25, 0.3) is 0 Å². The predicted octanol–water partition coefficient (Wildman–Crippen LogP) is 4.98. The van der Waals surface area contributed by atoms with Crippen molar-refractivity contribution in [1.29, 1.82) is 0 Å². The van der Waals surface area contributed by atoms with Gasteiger partial charge in [0.2, 0.25) is 11.8 Å². The molecule has 9 heteroatoms. The second-order valence-electron chi connectivity index (χ2n) is 9.78. The lowest BCUT2D eigenvalue weighted by Crippen LogP contribution is -2.45. The Balaban J connectivity index is 1.56. The van der Waals surface area contributed by atoms with Crippen molar-refractivity contribution >= 4 is 40.9 Å². The summed E-state index contributed by atoms with van der Waals surface area (Å²) in [4.78, 5) is 49.1. The van der Waals surface area contributed by atoms with E-state index in [0.29, 0.717) is 23.4 Å². The summed E-state index contributed by atoms with van der Waals surface area (Å²) < 4.78 is 0. The van der Waals surface area contributed by atoms with E-state index in [4.69, 9.17) is 5.11 Å². The van der Waals surface area contributed by atoms with Crippen molar-refractivity contribution in [3.8, 4) is 0 Å². The molecule has 4 amide bonds. The first kappa shape index (κ1) is 28.9. The highest BCUT2D eigenvalue weighted by Crippen LogP contribution is 2.16. The van der Waals surface area contributed by atoms with Gasteiger partial charge >= 0.3 is 12.0 Å². The molecule has 3 aromatic rings. The van der Waals surface area contributed by atoms with E-state index >= 15 is 0 Å². The highest BCUT2D eigenvalue weighted by molar-refractivity contribution is 6.00. The molecule has 0 aromatic heterocycles. The van der Waals surface area contributed by atoms with Crippen molar-refractivity contribution in [3.05, 3.63) is 89.5 Å². The number of urea groups is 1. The minimum atomic E-state index is -0.960. The number of carbonyl (C=O) groups excluding carboxylic acids is 3. The minimum Gasteiger partial charge on any atom is -0.481 e. The van der Waals surface area contributed by atoms with Gasteiger partial charge in [0.1, 0.15) is 6.04 Å². The zero-order valence-electron chi connectivity index (χ0n) is 22.3. The molecule has 9 nitrogen and oxygen atoms in total. The molecular weight excluding hydrogens is 496 g/mol. The maximum atomic E-state index is 13.0. The minimum absolute atomic E-state index is 0.0612. The monoisotopic (exact) mass is 530 g/mol. The molecule has 0 saturated heterocycles. The van der Waals surface area contributed by atoms with Gasteiger partial charge in [0.15, 0.2) is 0 Å². The first-order valence-electron chi connectivity index (χ1n) is 12.7. The summed E-state index contributed by atoms with van der Waals surface area (Å²) >= 11 is 0. The number of nitrogens with one attached hydrogen (secondary N) is 4. The van der Waals surface area contributed by atoms with Crippen LogP contribution in [-0.4, -0.2) is 35.0 Å². The van der Waals surface area contributed by atoms with E-state index in [9.17, 15) is 19.2 Å². The molecule has 3 rings (SSSR count). The molecule has 5 N–H and O–H groups in total. The van der Waals surface area contributed by atoms with Gasteiger partial charge in [0.05, 0.1) is 12.8 Å². The number of rotatable bonds is 11. The molecule has 0 heterocycles. The van der Waals surface area contributed by atoms with Crippen LogP contribution in [0.25, 0.3) is 0 Å². The molecule has 204 valence electrons. The van der Waals surface area contributed by atoms with Crippen LogP contribution in [0.3, 0.4) is 0 Å². The van der Waals surface area contributed by atoms with E-state index in [0.717, 1.165) is 16.8 Å². The quantitative estimate of drug-likeness (QED) is 0.238. The first-order valence-corrected chi connectivity index (χ1v) is 12.7. The van der Waals surface area contributed by atoms with E-state index in [2.05, 4.69) is 21.3 Å². The fourth-order valence-electron chi connectivity index (χ4n) is 4.00. The average molecular weight is 531 g/mol. The number of anilines is 3. The lowest BCUT2D eigenvalue weighted by molar-refractivity contribution is -0.136. The number of carboxylic acids is 1. The topological polar surface area (TPSA) is 137 Å². The van der Waals surface area contributed by atoms with E-state index in [1.54, 1.807) is 48.5 Å². The number of amides is 4. The van der Waals surface area contributed by atoms with Gasteiger partial charge in [-0.1, -0.05) is 56.3 Å². The van der Waals surface area contributed by atoms with Crippen molar-refractivity contribution in [2.75, 3.05) is 16.0 Å². The Labute approximate surface area is 228 Å². The summed E-state index contributed by atoms with van der Waals surface area (Å²) in [6.07, 6.45) is 0.346. The third-order valence-electron chi connectivity index (χ3n) is 5.88. The summed E-state index contributed by atoms with van der Waals surface area (Å²) in [6, 6.07) is 19.9. The van der Waals surface area contributed by atoms with Crippen LogP contribution < -0.4 is 21.3 Å². The van der Waals surface area contributed by atoms with E-state index in [1.165, 1.54) is 0 Å². The highest BCUT2D eigenvalue weighted by atomic mass is 16.4. The van der Waals surface area contributed by atoms with Crippen LogP contribution in [0, 0.1) is 12.8 Å². The lowest BCUT2D eigenvalue weighted by atomic mass is 10.0. The molecule has 0 saturated carbocycles. The Morgan fingerprint density at radius 1 is 0.769 bits per heavy atom. The van der Waals surface area contributed by atoms with Crippen LogP contribution in [0.4, 0.5) is 21.9 Å². The lowest BCUT2D eigenvalue weighted by Gasteiger charge is -2.20. The third kappa shape index (κ3) is 9.62. The van der Waals surface area contributed by atoms with Gasteiger partial charge in [-0.15, -0.1) is 0 Å². The molecule has 1 atom stereocenters. The molecule has 0 fully saturated rings. The highest BCUT2D eigenvalue weighted by Gasteiger charge is 2.22. The van der Waals surface area contributed by atoms with Crippen LogP contribution in [0.1, 0.15) is 37.0 Å². The van der Waals surface area contributed by atoms with Crippen LogP contribution >= 0.6 is 0 Å². The van der Waals surface area contributed by atoms with Gasteiger partial charge < -0.3 is 26.4 Å². The number of carboxylic acid groups (broad SMARTS) is 1. The number of aliphatic carboxylic acids is 1. The fraction of sp³-hybridized carbons (Fsp3) is 0.267. The largest absolute Gasteiger partial charge is 0.481 e. The molecule has 0 bridgehead atoms. The molecule has 0 spiro atoms. The summed E-state index contributed by atoms with van der Waals surface area (Å²) in [5.74, 6) is -1.49. The Hall–Kier alpha value is -4.66. The molecule has 0 unspecified atom stereocenters. The molecular formula is C30H34N4O5. The maximum absolute atomic E-state index is 13.0. The predicted molar refractivity (Wildman–Crippen MR) is 152 cm³/mol. The Kier molecular flexibility index (Phi) is 10.2. The van der Waals surface area contributed by atoms with Gasteiger partial charge in [-0.25, -0.2) is 4.79 Å². The van der Waals surface area contributed by atoms with Crippen molar-refractivity contribution < 1.29 is 24.3 Å². The zero-order chi connectivity index (χ0) is 28.4. The summed E-state index contributed by atoms with van der Waals surface area (Å²) in [5.41, 5.74) is 4.00. The second-order valence-corrected chi connectivity index (χ2v) is 9.78. The number of hydrogen-bond acceptors (Lipinski definition) is 4. The van der Waals surface area contributed by atoms with Gasteiger partial charge in [-0.2, -0.15) is 0 Å². The van der Waals surface area contributed by atoms with E-state index in [-0.39, 0.29) is 36.6 Å². The number of aryl methyl sites for hydroxylation is 1. The number of hydrogen-bond donors (Lipinski definition) is 5. The van der Waals surface area contributed by atoms with Crippen LogP contribution in [0.2, 0.25) is 0 Å². The Morgan fingerprint density at radius 2 is 1.49 bits per heavy atom.